The molecule has 14 heteroatoms. The van der Waals surface area contributed by atoms with E-state index in [1.54, 1.807) is 13.2 Å². The van der Waals surface area contributed by atoms with Crippen LogP contribution in [0.15, 0.2) is 193 Å². The Bertz CT molecular complexity index is 5460. The van der Waals surface area contributed by atoms with Gasteiger partial charge in [-0.05, 0) is 291 Å². The van der Waals surface area contributed by atoms with Crippen molar-refractivity contribution in [3.8, 4) is 5.75 Å². The van der Waals surface area contributed by atoms with E-state index < -0.39 is 0 Å². The molecular weight excluding hydrogens is 1510 g/mol. The van der Waals surface area contributed by atoms with E-state index in [4.69, 9.17) is 4.74 Å². The average Bonchev–Trinajstić information content (AvgIpc) is 1.65. The van der Waals surface area contributed by atoms with Gasteiger partial charge in [0.25, 0.3) is 0 Å². The predicted molar refractivity (Wildman–Crippen MR) is 444 cm³/mol. The highest BCUT2D eigenvalue weighted by atomic mass is 127. The first-order valence-electron chi connectivity index (χ1n) is 36.1. The fourth-order valence-electron chi connectivity index (χ4n) is 16.7. The molecule has 11 nitrogen and oxygen atoms in total. The van der Waals surface area contributed by atoms with Gasteiger partial charge in [0.1, 0.15) is 11.6 Å². The number of carbonyl (C=O) groups excluding carboxylic acids is 5. The summed E-state index contributed by atoms with van der Waals surface area (Å²) in [5.41, 5.74) is 41.4. The van der Waals surface area contributed by atoms with Crippen molar-refractivity contribution in [3.05, 3.63) is 319 Å². The van der Waals surface area contributed by atoms with Gasteiger partial charge in [-0.2, -0.15) is 0 Å². The fourth-order valence-corrected chi connectivity index (χ4v) is 17.5. The Morgan fingerprint density at radius 2 is 0.626 bits per heavy atom. The molecule has 0 atom stereocenters. The molecule has 0 bridgehead atoms. The maximum atomic E-state index is 13.6. The van der Waals surface area contributed by atoms with Crippen molar-refractivity contribution in [1.82, 2.24) is 0 Å². The molecule has 10 aliphatic rings. The third kappa shape index (κ3) is 13.9. The quantitative estimate of drug-likeness (QED) is 0.109. The normalized spacial score (nSPS) is 15.8. The first-order chi connectivity index (χ1) is 51.6. The minimum atomic E-state index is -0.274. The van der Waals surface area contributed by atoms with Gasteiger partial charge in [-0.3, -0.25) is 24.0 Å². The number of methoxy groups -OCH3 is 1. The molecule has 5 aliphatic carbocycles. The maximum absolute atomic E-state index is 13.6. The summed E-state index contributed by atoms with van der Waals surface area (Å²) in [7, 11) is 1.67. The van der Waals surface area contributed by atoms with Crippen LogP contribution in [0.1, 0.15) is 149 Å². The number of rotatable bonds is 2. The summed E-state index contributed by atoms with van der Waals surface area (Å²) in [6, 6.07) is 61.2. The van der Waals surface area contributed by atoms with Crippen molar-refractivity contribution in [2.75, 3.05) is 33.7 Å². The summed E-state index contributed by atoms with van der Waals surface area (Å²) in [6.45, 7) is 14.3. The van der Waals surface area contributed by atoms with E-state index in [0.29, 0.717) is 37.8 Å². The highest BCUT2D eigenvalue weighted by molar-refractivity contribution is 14.1. The molecule has 5 heterocycles. The smallest absolute Gasteiger partial charge is 0.228 e. The van der Waals surface area contributed by atoms with Crippen LogP contribution in [0.4, 0.5) is 32.8 Å². The number of allylic oxidation sites excluding steroid dienone is 5. The minimum Gasteiger partial charge on any atom is -0.497 e. The summed E-state index contributed by atoms with van der Waals surface area (Å²) in [6.07, 6.45) is 8.36. The lowest BCUT2D eigenvalue weighted by Gasteiger charge is -2.11. The first-order valence-corrected chi connectivity index (χ1v) is 38.0. The topological polar surface area (TPSA) is 155 Å². The zero-order valence-corrected chi connectivity index (χ0v) is 64.0. The number of benzene rings is 10. The zero-order valence-electron chi connectivity index (χ0n) is 60.3. The van der Waals surface area contributed by atoms with E-state index in [9.17, 15) is 28.4 Å². The molecule has 5 N–H and O–H groups in total. The van der Waals surface area contributed by atoms with Crippen LogP contribution < -0.4 is 31.3 Å². The summed E-state index contributed by atoms with van der Waals surface area (Å²) in [5, 5.41) is 15.0. The van der Waals surface area contributed by atoms with Gasteiger partial charge < -0.3 is 31.3 Å². The number of hydrogen-bond donors (Lipinski definition) is 5. The average molecular weight is 1590 g/mol. The van der Waals surface area contributed by atoms with E-state index in [1.165, 1.54) is 138 Å². The number of ether oxygens (including phenoxy) is 1. The Balaban J connectivity index is 0.000000102. The van der Waals surface area contributed by atoms with Crippen LogP contribution in [0.5, 0.6) is 5.75 Å². The standard InChI is InChI=1S/C20H17NO.C19H17NO2.C18H14BrNO.C18H14FNO.C18H14INO/c1-3-13-5-7-19-18(9-13)16-10-14-6-4-12(2)8-15(14)17(16)11-20(22)21-19;1-11-3-4-12-8-15-16(14(12)7-11)10-19(21)20-18-6-5-13(22-2)9-17(15)18;3*1-10-2-3-11-7-14-15(13(11)6-10)9-18(21)20-17-5-4-12(19)8-16(14)17/h3-9H,1,10-11H2,2H3,(H,21,22);3-7,9H,8,10H2,1-2H3,(H,20,21);3*2-6,8H,7,9H2,1H3,(H,20,21). The third-order valence-electron chi connectivity index (χ3n) is 21.7. The lowest BCUT2D eigenvalue weighted by atomic mass is 9.96. The summed E-state index contributed by atoms with van der Waals surface area (Å²) >= 11 is 5.87. The van der Waals surface area contributed by atoms with Crippen molar-refractivity contribution in [3.63, 3.8) is 0 Å². The molecule has 0 saturated heterocycles. The molecule has 0 unspecified atom stereocenters. The van der Waals surface area contributed by atoms with Crippen LogP contribution in [0, 0.1) is 44.0 Å². The van der Waals surface area contributed by atoms with Crippen molar-refractivity contribution in [2.45, 2.75) is 98.8 Å². The predicted octanol–water partition coefficient (Wildman–Crippen LogP) is 21.2. The second kappa shape index (κ2) is 28.7. The Morgan fingerprint density at radius 3 is 0.981 bits per heavy atom. The Hall–Kier alpha value is -11.1. The number of amides is 5. The van der Waals surface area contributed by atoms with Crippen LogP contribution in [0.25, 0.3) is 61.8 Å². The number of carbonyl (C=O) groups is 5. The molecule has 10 aromatic rings. The monoisotopic (exact) mass is 1580 g/mol. The van der Waals surface area contributed by atoms with Gasteiger partial charge in [0, 0.05) is 64.3 Å². The number of nitrogens with one attached hydrogen (secondary N) is 5. The lowest BCUT2D eigenvalue weighted by molar-refractivity contribution is -0.116. The second-order valence-electron chi connectivity index (χ2n) is 29.1. The second-order valence-corrected chi connectivity index (χ2v) is 31.2. The van der Waals surface area contributed by atoms with Gasteiger partial charge >= 0.3 is 0 Å². The van der Waals surface area contributed by atoms with Gasteiger partial charge in [-0.1, -0.05) is 153 Å². The van der Waals surface area contributed by atoms with Crippen molar-refractivity contribution < 1.29 is 33.1 Å². The van der Waals surface area contributed by atoms with Gasteiger partial charge in [-0.15, -0.1) is 0 Å². The van der Waals surface area contributed by atoms with E-state index in [2.05, 4.69) is 209 Å². The highest BCUT2D eigenvalue weighted by Crippen LogP contribution is 2.51. The summed E-state index contributed by atoms with van der Waals surface area (Å²) in [5.74, 6) is 0.757. The number of halogens is 3. The molecule has 5 amide bonds. The summed E-state index contributed by atoms with van der Waals surface area (Å²) in [4.78, 5) is 61.1. The van der Waals surface area contributed by atoms with Gasteiger partial charge in [0.15, 0.2) is 0 Å². The Kier molecular flexibility index (Phi) is 18.8. The third-order valence-corrected chi connectivity index (χ3v) is 22.9. The van der Waals surface area contributed by atoms with Crippen molar-refractivity contribution in [1.29, 1.82) is 0 Å². The van der Waals surface area contributed by atoms with Crippen LogP contribution >= 0.6 is 38.5 Å². The van der Waals surface area contributed by atoms with Gasteiger partial charge in [0.05, 0.1) is 39.2 Å². The van der Waals surface area contributed by atoms with Crippen molar-refractivity contribution >= 4 is 158 Å². The van der Waals surface area contributed by atoms with E-state index >= 15 is 0 Å². The fraction of sp³-hybridized carbons (Fsp3) is 0.172. The maximum Gasteiger partial charge on any atom is 0.228 e. The molecule has 530 valence electrons. The first kappa shape index (κ1) is 70.3. The molecular formula is C93H76BrFIN5O6. The minimum absolute atomic E-state index is 0.0396. The van der Waals surface area contributed by atoms with Crippen molar-refractivity contribution in [2.24, 2.45) is 0 Å². The number of anilines is 5. The largest absolute Gasteiger partial charge is 0.497 e. The molecule has 0 fully saturated rings. The van der Waals surface area contributed by atoms with Crippen LogP contribution in [-0.2, 0) is 56.1 Å². The molecule has 0 aromatic heterocycles. The summed E-state index contributed by atoms with van der Waals surface area (Å²) < 4.78 is 21.2. The lowest BCUT2D eigenvalue weighted by Crippen LogP contribution is -2.11. The van der Waals surface area contributed by atoms with E-state index in [0.717, 1.165) is 115 Å². The zero-order chi connectivity index (χ0) is 74.2. The van der Waals surface area contributed by atoms with Crippen LogP contribution in [0.3, 0.4) is 0 Å². The molecule has 5 aliphatic heterocycles. The molecule has 0 radical (unpaired) electrons. The molecule has 107 heavy (non-hydrogen) atoms. The van der Waals surface area contributed by atoms with Gasteiger partial charge in [0.2, 0.25) is 29.5 Å². The van der Waals surface area contributed by atoms with E-state index in [1.807, 2.05) is 67.6 Å². The SMILES string of the molecule is C=Cc1ccc2c(c1)C1=C(CC(=O)N2)c2cc(C)ccc2C1.COc1ccc2c(c1)C1=C(CC(=O)N2)c2cc(C)ccc2C1.Cc1ccc2c(c1)C1=C(C2)c2cc(Br)ccc2NC(=O)C1.Cc1ccc2c(c1)C1=C(C2)c2cc(F)ccc2NC(=O)C1.Cc1ccc2c(c1)C1=C(C2)c2cc(I)ccc2NC(=O)C1. The highest BCUT2D eigenvalue weighted by Gasteiger charge is 2.35. The molecule has 0 saturated carbocycles. The Morgan fingerprint density at radius 1 is 0.336 bits per heavy atom. The molecule has 20 rings (SSSR count). The van der Waals surface area contributed by atoms with E-state index in [-0.39, 0.29) is 35.4 Å². The van der Waals surface area contributed by atoms with Crippen LogP contribution in [0.2, 0.25) is 0 Å². The van der Waals surface area contributed by atoms with Gasteiger partial charge in [-0.25, -0.2) is 4.39 Å². The number of aryl methyl sites for hydroxylation is 5. The molecule has 0 spiro atoms. The molecule has 10 aromatic carbocycles. The number of hydrogen-bond acceptors (Lipinski definition) is 6. The number of fused-ring (bicyclic) bond motifs is 20. The van der Waals surface area contributed by atoms with Crippen LogP contribution in [-0.4, -0.2) is 36.6 Å². The Labute approximate surface area is 644 Å².